The minimum absolute atomic E-state index is 0.0490. The minimum atomic E-state index is -0.578. The number of aliphatic hydroxyl groups is 1. The van der Waals surface area contributed by atoms with E-state index in [2.05, 4.69) is 15.0 Å². The number of H-pyrrole nitrogens is 1. The number of hydrogen-bond donors (Lipinski definition) is 2. The van der Waals surface area contributed by atoms with Gasteiger partial charge in [0.1, 0.15) is 29.5 Å². The maximum absolute atomic E-state index is 12.0. The number of aliphatic hydroxyl groups excluding tert-OH is 1. The molecule has 2 heterocycles. The predicted octanol–water partition coefficient (Wildman–Crippen LogP) is 3.83. The molecule has 144 valence electrons. The summed E-state index contributed by atoms with van der Waals surface area (Å²) in [5.41, 5.74) is 2.65. The molecule has 0 atom stereocenters. The van der Waals surface area contributed by atoms with E-state index >= 15 is 0 Å². The van der Waals surface area contributed by atoms with Crippen LogP contribution in [0.5, 0.6) is 0 Å². The molecule has 0 fully saturated rings. The van der Waals surface area contributed by atoms with Crippen LogP contribution >= 0.6 is 11.8 Å². The van der Waals surface area contributed by atoms with E-state index in [4.69, 9.17) is 9.15 Å². The van der Waals surface area contributed by atoms with E-state index in [-0.39, 0.29) is 22.9 Å². The van der Waals surface area contributed by atoms with Crippen molar-refractivity contribution in [2.75, 3.05) is 12.4 Å². The molecule has 0 unspecified atom stereocenters. The van der Waals surface area contributed by atoms with Crippen LogP contribution in [-0.4, -0.2) is 38.4 Å². The largest absolute Gasteiger partial charge is 0.507 e. The maximum atomic E-state index is 12.0. The number of fused-ring (bicyclic) bond motifs is 2. The molecule has 0 aliphatic heterocycles. The van der Waals surface area contributed by atoms with Crippen molar-refractivity contribution >= 4 is 45.4 Å². The Hall–Kier alpha value is -3.77. The third-order valence-corrected chi connectivity index (χ3v) is 4.79. The van der Waals surface area contributed by atoms with Crippen molar-refractivity contribution in [2.45, 2.75) is 5.22 Å². The number of benzene rings is 2. The number of imidazole rings is 1. The second kappa shape index (κ2) is 8.08. The average molecular weight is 406 g/mol. The lowest BCUT2D eigenvalue weighted by atomic mass is 10.2. The van der Waals surface area contributed by atoms with Crippen LogP contribution in [0.15, 0.2) is 63.9 Å². The van der Waals surface area contributed by atoms with Gasteiger partial charge in [-0.05, 0) is 24.3 Å². The molecule has 0 bridgehead atoms. The summed E-state index contributed by atoms with van der Waals surface area (Å²) in [6.07, 6.45) is 0. The molecule has 0 saturated carbocycles. The van der Waals surface area contributed by atoms with Crippen LogP contribution in [0.4, 0.5) is 0 Å². The van der Waals surface area contributed by atoms with Crippen LogP contribution in [-0.2, 0) is 9.53 Å². The Morgan fingerprint density at radius 1 is 1.17 bits per heavy atom. The monoisotopic (exact) mass is 406 g/mol. The van der Waals surface area contributed by atoms with Crippen LogP contribution in [0.2, 0.25) is 0 Å². The van der Waals surface area contributed by atoms with Gasteiger partial charge in [0.05, 0.1) is 11.0 Å². The molecule has 0 aliphatic carbocycles. The van der Waals surface area contributed by atoms with Gasteiger partial charge in [-0.2, -0.15) is 5.26 Å². The Balaban J connectivity index is 1.38. The molecule has 9 heteroatoms. The number of nitrogens with zero attached hydrogens (tertiary/aromatic N) is 3. The summed E-state index contributed by atoms with van der Waals surface area (Å²) in [5, 5.41) is 19.9. The first-order valence-electron chi connectivity index (χ1n) is 8.55. The van der Waals surface area contributed by atoms with E-state index in [0.29, 0.717) is 21.8 Å². The number of rotatable bonds is 6. The number of carbonyl (C=O) groups excluding carboxylic acids is 1. The van der Waals surface area contributed by atoms with Crippen LogP contribution < -0.4 is 0 Å². The van der Waals surface area contributed by atoms with Gasteiger partial charge in [0.2, 0.25) is 0 Å². The average Bonchev–Trinajstić information content (AvgIpc) is 3.34. The predicted molar refractivity (Wildman–Crippen MR) is 107 cm³/mol. The number of carbonyl (C=O) groups is 1. The number of allylic oxidation sites excluding steroid dienone is 1. The quantitative estimate of drug-likeness (QED) is 0.214. The molecular formula is C20H14N4O4S. The summed E-state index contributed by atoms with van der Waals surface area (Å²) >= 11 is 1.09. The smallest absolute Gasteiger partial charge is 0.316 e. The zero-order valence-electron chi connectivity index (χ0n) is 15.0. The Morgan fingerprint density at radius 2 is 1.93 bits per heavy atom. The van der Waals surface area contributed by atoms with Gasteiger partial charge in [-0.25, -0.2) is 9.97 Å². The fourth-order valence-corrected chi connectivity index (χ4v) is 3.26. The van der Waals surface area contributed by atoms with Crippen molar-refractivity contribution in [3.8, 4) is 6.07 Å². The number of ether oxygens (including phenoxy) is 1. The molecule has 29 heavy (non-hydrogen) atoms. The van der Waals surface area contributed by atoms with Gasteiger partial charge in [-0.3, -0.25) is 4.79 Å². The number of thioether (sulfide) groups is 1. The summed E-state index contributed by atoms with van der Waals surface area (Å²) in [6, 6.07) is 16.4. The van der Waals surface area contributed by atoms with Crippen molar-refractivity contribution in [3.63, 3.8) is 0 Å². The van der Waals surface area contributed by atoms with E-state index in [0.717, 1.165) is 17.3 Å². The zero-order chi connectivity index (χ0) is 20.2. The third kappa shape index (κ3) is 4.07. The summed E-state index contributed by atoms with van der Waals surface area (Å²) in [6.45, 7) is -0.438. The lowest BCUT2D eigenvalue weighted by molar-refractivity contribution is -0.140. The summed E-state index contributed by atoms with van der Waals surface area (Å²) in [7, 11) is 0. The molecular weight excluding hydrogens is 392 g/mol. The fourth-order valence-electron chi connectivity index (χ4n) is 2.62. The highest BCUT2D eigenvalue weighted by atomic mass is 32.2. The Morgan fingerprint density at radius 3 is 2.69 bits per heavy atom. The van der Waals surface area contributed by atoms with E-state index in [1.807, 2.05) is 36.4 Å². The van der Waals surface area contributed by atoms with E-state index in [9.17, 15) is 15.2 Å². The molecule has 0 radical (unpaired) electrons. The Kier molecular flexibility index (Phi) is 5.18. The number of esters is 1. The van der Waals surface area contributed by atoms with Gasteiger partial charge in [0.25, 0.3) is 5.22 Å². The maximum Gasteiger partial charge on any atom is 0.316 e. The number of aromatic amines is 1. The topological polar surface area (TPSA) is 125 Å². The van der Waals surface area contributed by atoms with E-state index in [1.54, 1.807) is 18.2 Å². The normalized spacial score (nSPS) is 12.0. The lowest BCUT2D eigenvalue weighted by Crippen LogP contribution is -2.11. The Labute approximate surface area is 168 Å². The third-order valence-electron chi connectivity index (χ3n) is 3.98. The molecule has 0 saturated heterocycles. The van der Waals surface area contributed by atoms with Crippen LogP contribution in [0.25, 0.3) is 27.7 Å². The minimum Gasteiger partial charge on any atom is -0.507 e. The fraction of sp³-hybridized carbons (Fsp3) is 0.100. The second-order valence-electron chi connectivity index (χ2n) is 5.93. The molecule has 2 N–H and O–H groups in total. The standard InChI is InChI=1S/C20H14N4O4S/c21-9-12(19-22-13-5-1-2-6-14(13)23-19)16(25)10-27-18(26)11-29-20-24-15-7-3-4-8-17(15)28-20/h1-8,25H,10-11H2,(H,22,23)/b16-12+. The number of nitrogens with one attached hydrogen (secondary N) is 1. The van der Waals surface area contributed by atoms with Crippen molar-refractivity contribution in [1.29, 1.82) is 5.26 Å². The first-order valence-corrected chi connectivity index (χ1v) is 9.54. The molecule has 0 spiro atoms. The number of hydrogen-bond acceptors (Lipinski definition) is 8. The molecule has 4 aromatic rings. The lowest BCUT2D eigenvalue weighted by Gasteiger charge is -2.04. The van der Waals surface area contributed by atoms with Gasteiger partial charge in [0.15, 0.2) is 17.2 Å². The highest BCUT2D eigenvalue weighted by Gasteiger charge is 2.16. The number of oxazole rings is 1. The van der Waals surface area contributed by atoms with Crippen molar-refractivity contribution in [2.24, 2.45) is 0 Å². The molecule has 2 aromatic carbocycles. The van der Waals surface area contributed by atoms with Crippen molar-refractivity contribution in [3.05, 3.63) is 60.1 Å². The Bertz CT molecular complexity index is 1200. The SMILES string of the molecule is N#C/C(=C(\O)COC(=O)CSc1nc2ccccc2o1)c1nc2ccccc2[nH]1. The van der Waals surface area contributed by atoms with Crippen LogP contribution in [0.1, 0.15) is 5.82 Å². The zero-order valence-corrected chi connectivity index (χ0v) is 15.8. The van der Waals surface area contributed by atoms with Crippen molar-refractivity contribution < 1.29 is 19.1 Å². The van der Waals surface area contributed by atoms with Crippen molar-refractivity contribution in [1.82, 2.24) is 15.0 Å². The number of aromatic nitrogens is 3. The molecule has 4 rings (SSSR count). The van der Waals surface area contributed by atoms with Gasteiger partial charge in [-0.1, -0.05) is 36.0 Å². The van der Waals surface area contributed by atoms with E-state index < -0.39 is 12.6 Å². The molecule has 0 aliphatic rings. The van der Waals surface area contributed by atoms with Gasteiger partial charge < -0.3 is 19.2 Å². The molecule has 2 aromatic heterocycles. The van der Waals surface area contributed by atoms with Crippen LogP contribution in [0.3, 0.4) is 0 Å². The number of para-hydroxylation sites is 4. The summed E-state index contributed by atoms with van der Waals surface area (Å²) in [4.78, 5) is 23.5. The van der Waals surface area contributed by atoms with Gasteiger partial charge in [-0.15, -0.1) is 0 Å². The number of nitriles is 1. The van der Waals surface area contributed by atoms with Gasteiger partial charge in [0, 0.05) is 0 Å². The van der Waals surface area contributed by atoms with Crippen LogP contribution in [0, 0.1) is 11.3 Å². The van der Waals surface area contributed by atoms with E-state index in [1.165, 1.54) is 0 Å². The first kappa shape index (κ1) is 18.6. The summed E-state index contributed by atoms with van der Waals surface area (Å²) < 4.78 is 10.6. The first-order chi connectivity index (χ1) is 14.1. The highest BCUT2D eigenvalue weighted by Crippen LogP contribution is 2.23. The van der Waals surface area contributed by atoms with Gasteiger partial charge >= 0.3 is 5.97 Å². The second-order valence-corrected chi connectivity index (χ2v) is 6.86. The highest BCUT2D eigenvalue weighted by molar-refractivity contribution is 7.99. The summed E-state index contributed by atoms with van der Waals surface area (Å²) in [5.74, 6) is -0.798. The molecule has 8 nitrogen and oxygen atoms in total. The molecule has 0 amide bonds.